The summed E-state index contributed by atoms with van der Waals surface area (Å²) in [6.07, 6.45) is 5.26. The Morgan fingerprint density at radius 2 is 1.65 bits per heavy atom. The molecule has 1 fully saturated rings. The maximum atomic E-state index is 13.2. The molecule has 6 heteroatoms. The van der Waals surface area contributed by atoms with Gasteiger partial charge >= 0.3 is 0 Å². The molecule has 162 valence electrons. The van der Waals surface area contributed by atoms with E-state index < -0.39 is 23.1 Å². The molecule has 1 aromatic heterocycles. The Balaban J connectivity index is 1.74. The predicted octanol–water partition coefficient (Wildman–Crippen LogP) is 4.59. The summed E-state index contributed by atoms with van der Waals surface area (Å²) in [6.45, 7) is 7.42. The molecule has 1 N–H and O–H groups in total. The molecule has 4 rings (SSSR count). The highest BCUT2D eigenvalue weighted by atomic mass is 16.3. The number of pyridine rings is 1. The van der Waals surface area contributed by atoms with E-state index >= 15 is 0 Å². The van der Waals surface area contributed by atoms with Gasteiger partial charge in [-0.05, 0) is 55.7 Å². The number of aliphatic hydroxyl groups is 1. The first-order valence-corrected chi connectivity index (χ1v) is 10.9. The van der Waals surface area contributed by atoms with Crippen molar-refractivity contribution in [2.24, 2.45) is 5.41 Å². The molecular formula is C25H29N3O3. The fourth-order valence-corrected chi connectivity index (χ4v) is 4.30. The molecule has 1 aromatic carbocycles. The van der Waals surface area contributed by atoms with Crippen LogP contribution in [0.5, 0.6) is 0 Å². The van der Waals surface area contributed by atoms with E-state index in [0.29, 0.717) is 11.4 Å². The van der Waals surface area contributed by atoms with Crippen molar-refractivity contribution in [1.29, 1.82) is 0 Å². The van der Waals surface area contributed by atoms with Crippen molar-refractivity contribution in [3.63, 3.8) is 0 Å². The average molecular weight is 420 g/mol. The third-order valence-corrected chi connectivity index (χ3v) is 5.95. The molecule has 1 saturated heterocycles. The number of benzene rings is 1. The highest BCUT2D eigenvalue weighted by Gasteiger charge is 2.47. The van der Waals surface area contributed by atoms with E-state index in [2.05, 4.69) is 9.88 Å². The van der Waals surface area contributed by atoms with Crippen molar-refractivity contribution < 1.29 is 14.7 Å². The summed E-state index contributed by atoms with van der Waals surface area (Å²) in [4.78, 5) is 34.6. The Hall–Kier alpha value is -3.15. The van der Waals surface area contributed by atoms with Crippen LogP contribution >= 0.6 is 0 Å². The van der Waals surface area contributed by atoms with Gasteiger partial charge in [0.2, 0.25) is 0 Å². The standard InChI is InChI=1S/C25H29N3O3/c1-25(2,3)23(30)20-21(19-9-5-6-14-26-19)28(24(31)22(20)29)18-12-10-17(11-13-18)27-15-7-4-8-16-27/h5-6,9-14,21,29H,4,7-8,15-16H2,1-3H3. The van der Waals surface area contributed by atoms with E-state index in [-0.39, 0.29) is 11.4 Å². The largest absolute Gasteiger partial charge is 0.503 e. The zero-order valence-electron chi connectivity index (χ0n) is 18.3. The van der Waals surface area contributed by atoms with E-state index in [1.165, 1.54) is 24.2 Å². The van der Waals surface area contributed by atoms with Gasteiger partial charge in [-0.25, -0.2) is 0 Å². The minimum atomic E-state index is -0.763. The summed E-state index contributed by atoms with van der Waals surface area (Å²) in [5.41, 5.74) is 1.66. The van der Waals surface area contributed by atoms with Crippen molar-refractivity contribution in [2.75, 3.05) is 22.9 Å². The number of amides is 1. The normalized spacial score (nSPS) is 19.8. The molecule has 2 aliphatic heterocycles. The van der Waals surface area contributed by atoms with E-state index in [0.717, 1.165) is 18.8 Å². The molecule has 3 heterocycles. The first-order chi connectivity index (χ1) is 14.8. The summed E-state index contributed by atoms with van der Waals surface area (Å²) >= 11 is 0. The number of aromatic nitrogens is 1. The second-order valence-corrected chi connectivity index (χ2v) is 9.24. The lowest BCUT2D eigenvalue weighted by Gasteiger charge is -2.30. The molecule has 0 bridgehead atoms. The Labute approximate surface area is 183 Å². The van der Waals surface area contributed by atoms with Gasteiger partial charge in [0.25, 0.3) is 5.91 Å². The van der Waals surface area contributed by atoms with Crippen LogP contribution in [-0.2, 0) is 9.59 Å². The summed E-state index contributed by atoms with van der Waals surface area (Å²) in [7, 11) is 0. The SMILES string of the molecule is CC(C)(C)C(=O)C1=C(O)C(=O)N(c2ccc(N3CCCCC3)cc2)C1c1ccccn1. The van der Waals surface area contributed by atoms with Crippen LogP contribution in [0, 0.1) is 5.41 Å². The zero-order valence-corrected chi connectivity index (χ0v) is 18.3. The minimum Gasteiger partial charge on any atom is -0.503 e. The first-order valence-electron chi connectivity index (χ1n) is 10.9. The van der Waals surface area contributed by atoms with Crippen LogP contribution in [0.1, 0.15) is 51.8 Å². The number of aliphatic hydroxyl groups excluding tert-OH is 1. The number of nitrogens with zero attached hydrogens (tertiary/aromatic N) is 3. The van der Waals surface area contributed by atoms with E-state index in [1.54, 1.807) is 39.1 Å². The van der Waals surface area contributed by atoms with Gasteiger partial charge in [-0.1, -0.05) is 26.8 Å². The van der Waals surface area contributed by atoms with Crippen molar-refractivity contribution in [3.05, 3.63) is 65.7 Å². The smallest absolute Gasteiger partial charge is 0.294 e. The van der Waals surface area contributed by atoms with Crippen molar-refractivity contribution >= 4 is 23.1 Å². The van der Waals surface area contributed by atoms with E-state index in [4.69, 9.17) is 0 Å². The van der Waals surface area contributed by atoms with Gasteiger partial charge in [-0.2, -0.15) is 0 Å². The van der Waals surface area contributed by atoms with Gasteiger partial charge in [0.1, 0.15) is 6.04 Å². The van der Waals surface area contributed by atoms with Crippen LogP contribution in [0.2, 0.25) is 0 Å². The molecule has 1 atom stereocenters. The Morgan fingerprint density at radius 3 is 2.23 bits per heavy atom. The molecule has 1 unspecified atom stereocenters. The lowest BCUT2D eigenvalue weighted by molar-refractivity contribution is -0.123. The third-order valence-electron chi connectivity index (χ3n) is 5.95. The summed E-state index contributed by atoms with van der Waals surface area (Å²) in [5, 5.41) is 10.7. The van der Waals surface area contributed by atoms with Crippen molar-refractivity contribution in [1.82, 2.24) is 4.98 Å². The van der Waals surface area contributed by atoms with Gasteiger partial charge in [0.05, 0.1) is 11.3 Å². The number of carbonyl (C=O) groups is 2. The van der Waals surface area contributed by atoms with Crippen LogP contribution < -0.4 is 9.80 Å². The second-order valence-electron chi connectivity index (χ2n) is 9.24. The number of piperidine rings is 1. The molecular weight excluding hydrogens is 390 g/mol. The van der Waals surface area contributed by atoms with Gasteiger partial charge in [-0.3, -0.25) is 19.5 Å². The van der Waals surface area contributed by atoms with Crippen LogP contribution in [0.3, 0.4) is 0 Å². The minimum absolute atomic E-state index is 0.108. The zero-order chi connectivity index (χ0) is 22.2. The monoisotopic (exact) mass is 419 g/mol. The molecule has 1 amide bonds. The maximum Gasteiger partial charge on any atom is 0.294 e. The summed E-state index contributed by atoms with van der Waals surface area (Å²) in [5.74, 6) is -1.33. The topological polar surface area (TPSA) is 73.7 Å². The molecule has 0 radical (unpaired) electrons. The molecule has 2 aromatic rings. The van der Waals surface area contributed by atoms with E-state index in [1.807, 2.05) is 30.3 Å². The molecule has 0 spiro atoms. The number of Topliss-reactive ketones (excluding diaryl/α,β-unsaturated/α-hetero) is 1. The predicted molar refractivity (Wildman–Crippen MR) is 121 cm³/mol. The van der Waals surface area contributed by atoms with Crippen LogP contribution in [0.4, 0.5) is 11.4 Å². The summed E-state index contributed by atoms with van der Waals surface area (Å²) < 4.78 is 0. The van der Waals surface area contributed by atoms with Crippen molar-refractivity contribution in [2.45, 2.75) is 46.1 Å². The number of carbonyl (C=O) groups excluding carboxylic acids is 2. The lowest BCUT2D eigenvalue weighted by Crippen LogP contribution is -2.33. The highest BCUT2D eigenvalue weighted by molar-refractivity contribution is 6.17. The average Bonchev–Trinajstić information content (AvgIpc) is 3.04. The Bertz CT molecular complexity index is 1000. The fraction of sp³-hybridized carbons (Fsp3) is 0.400. The fourth-order valence-electron chi connectivity index (χ4n) is 4.30. The van der Waals surface area contributed by atoms with Crippen molar-refractivity contribution in [3.8, 4) is 0 Å². The van der Waals surface area contributed by atoms with Crippen LogP contribution in [-0.4, -0.2) is 34.9 Å². The number of rotatable bonds is 4. The molecule has 6 nitrogen and oxygen atoms in total. The molecule has 2 aliphatic rings. The summed E-state index contributed by atoms with van der Waals surface area (Å²) in [6, 6.07) is 12.4. The van der Waals surface area contributed by atoms with E-state index in [9.17, 15) is 14.7 Å². The number of ketones is 1. The van der Waals surface area contributed by atoms with Gasteiger partial charge < -0.3 is 10.0 Å². The van der Waals surface area contributed by atoms with Gasteiger partial charge in [-0.15, -0.1) is 0 Å². The van der Waals surface area contributed by atoms with Gasteiger partial charge in [0, 0.05) is 36.1 Å². The quantitative estimate of drug-likeness (QED) is 0.785. The Kier molecular flexibility index (Phi) is 5.56. The third kappa shape index (κ3) is 3.94. The van der Waals surface area contributed by atoms with Gasteiger partial charge in [0.15, 0.2) is 11.5 Å². The van der Waals surface area contributed by atoms with Crippen LogP contribution in [0.25, 0.3) is 0 Å². The van der Waals surface area contributed by atoms with Crippen LogP contribution in [0.15, 0.2) is 60.0 Å². The number of anilines is 2. The maximum absolute atomic E-state index is 13.2. The molecule has 31 heavy (non-hydrogen) atoms. The number of hydrogen-bond donors (Lipinski definition) is 1. The molecule has 0 saturated carbocycles. The Morgan fingerprint density at radius 1 is 1.00 bits per heavy atom. The molecule has 0 aliphatic carbocycles. The first kappa shape index (κ1) is 21.1. The lowest BCUT2D eigenvalue weighted by atomic mass is 9.83. The number of hydrogen-bond acceptors (Lipinski definition) is 5. The highest BCUT2D eigenvalue weighted by Crippen LogP contribution is 2.43. The second kappa shape index (κ2) is 8.17.